The third kappa shape index (κ3) is 4.46. The molecule has 0 saturated carbocycles. The number of nitrogens with one attached hydrogen (secondary N) is 1. The zero-order valence-corrected chi connectivity index (χ0v) is 11.9. The number of carbonyl (C=O) groups excluding carboxylic acids is 1. The van der Waals surface area contributed by atoms with Gasteiger partial charge in [0, 0.05) is 12.6 Å². The van der Waals surface area contributed by atoms with E-state index in [4.69, 9.17) is 5.11 Å². The number of amides is 1. The summed E-state index contributed by atoms with van der Waals surface area (Å²) in [5, 5.41) is 11.3. The fourth-order valence-corrected chi connectivity index (χ4v) is 3.82. The van der Waals surface area contributed by atoms with Crippen molar-refractivity contribution < 1.29 is 23.1 Å². The number of hydrogen-bond acceptors (Lipinski definition) is 5. The molecule has 0 radical (unpaired) electrons. The number of carboxylic acid groups (broad SMARTS) is 1. The van der Waals surface area contributed by atoms with E-state index in [9.17, 15) is 18.0 Å². The highest BCUT2D eigenvalue weighted by atomic mass is 32.2. The summed E-state index contributed by atoms with van der Waals surface area (Å²) in [5.74, 6) is -1.18. The monoisotopic (exact) mass is 292 g/mol. The minimum atomic E-state index is -3.04. The highest BCUT2D eigenvalue weighted by Gasteiger charge is 2.33. The molecule has 1 fully saturated rings. The maximum Gasteiger partial charge on any atom is 0.320 e. The van der Waals surface area contributed by atoms with Gasteiger partial charge in [-0.3, -0.25) is 14.9 Å². The molecule has 2 N–H and O–H groups in total. The Kier molecular flexibility index (Phi) is 5.30. The summed E-state index contributed by atoms with van der Waals surface area (Å²) in [7, 11) is -3.04. The summed E-state index contributed by atoms with van der Waals surface area (Å²) >= 11 is 0. The van der Waals surface area contributed by atoms with E-state index in [1.807, 2.05) is 0 Å². The zero-order valence-electron chi connectivity index (χ0n) is 11.1. The SMILES string of the molecule is CCN(C(=O)CNC(C)C(=O)O)C1CCS(=O)(=O)C1. The largest absolute Gasteiger partial charge is 0.480 e. The van der Waals surface area contributed by atoms with Gasteiger partial charge in [-0.25, -0.2) is 8.42 Å². The second-order valence-electron chi connectivity index (χ2n) is 4.68. The molecule has 1 saturated heterocycles. The average molecular weight is 292 g/mol. The molecule has 1 aliphatic heterocycles. The molecule has 7 nitrogen and oxygen atoms in total. The Bertz CT molecular complexity index is 448. The number of aliphatic carboxylic acids is 1. The van der Waals surface area contributed by atoms with Gasteiger partial charge in [-0.2, -0.15) is 0 Å². The van der Waals surface area contributed by atoms with Crippen LogP contribution >= 0.6 is 0 Å². The number of carbonyl (C=O) groups is 2. The Morgan fingerprint density at radius 2 is 2.11 bits per heavy atom. The predicted octanol–water partition coefficient (Wildman–Crippen LogP) is -0.915. The van der Waals surface area contributed by atoms with E-state index >= 15 is 0 Å². The molecule has 2 unspecified atom stereocenters. The lowest BCUT2D eigenvalue weighted by molar-refractivity contribution is -0.139. The maximum atomic E-state index is 12.0. The predicted molar refractivity (Wildman–Crippen MR) is 69.5 cm³/mol. The average Bonchev–Trinajstić information content (AvgIpc) is 2.67. The molecule has 0 aliphatic carbocycles. The second-order valence-corrected chi connectivity index (χ2v) is 6.91. The molecule has 1 amide bonds. The van der Waals surface area contributed by atoms with E-state index in [1.54, 1.807) is 6.92 Å². The van der Waals surface area contributed by atoms with Crippen LogP contribution in [0, 0.1) is 0 Å². The Morgan fingerprint density at radius 3 is 2.53 bits per heavy atom. The molecule has 8 heteroatoms. The third-order valence-electron chi connectivity index (χ3n) is 3.24. The Hall–Kier alpha value is -1.15. The maximum absolute atomic E-state index is 12.0. The molecule has 2 atom stereocenters. The van der Waals surface area contributed by atoms with Crippen LogP contribution in [-0.4, -0.2) is 67.0 Å². The van der Waals surface area contributed by atoms with Gasteiger partial charge in [-0.05, 0) is 20.3 Å². The molecule has 0 bridgehead atoms. The standard InChI is InChI=1S/C11H20N2O5S/c1-3-13(9-4-5-19(17,18)7-9)10(14)6-12-8(2)11(15)16/h8-9,12H,3-7H2,1-2H3,(H,15,16). The van der Waals surface area contributed by atoms with Crippen LogP contribution in [0.4, 0.5) is 0 Å². The van der Waals surface area contributed by atoms with Gasteiger partial charge in [0.2, 0.25) is 5.91 Å². The lowest BCUT2D eigenvalue weighted by Gasteiger charge is -2.27. The van der Waals surface area contributed by atoms with Crippen LogP contribution in [-0.2, 0) is 19.4 Å². The summed E-state index contributed by atoms with van der Waals surface area (Å²) < 4.78 is 22.8. The van der Waals surface area contributed by atoms with Crippen molar-refractivity contribution in [1.29, 1.82) is 0 Å². The first-order valence-corrected chi connectivity index (χ1v) is 8.05. The van der Waals surface area contributed by atoms with Crippen LogP contribution in [0.3, 0.4) is 0 Å². The number of rotatable bonds is 6. The summed E-state index contributed by atoms with van der Waals surface area (Å²) in [4.78, 5) is 24.1. The van der Waals surface area contributed by atoms with Crippen molar-refractivity contribution in [3.05, 3.63) is 0 Å². The number of hydrogen-bond donors (Lipinski definition) is 2. The van der Waals surface area contributed by atoms with Crippen molar-refractivity contribution in [1.82, 2.24) is 10.2 Å². The first kappa shape index (κ1) is 15.9. The molecule has 110 valence electrons. The van der Waals surface area contributed by atoms with Gasteiger partial charge >= 0.3 is 5.97 Å². The van der Waals surface area contributed by atoms with Gasteiger partial charge in [-0.15, -0.1) is 0 Å². The van der Waals surface area contributed by atoms with Crippen molar-refractivity contribution in [3.63, 3.8) is 0 Å². The van der Waals surface area contributed by atoms with Gasteiger partial charge in [-0.1, -0.05) is 0 Å². The van der Waals surface area contributed by atoms with Crippen LogP contribution in [0.15, 0.2) is 0 Å². The molecular formula is C11H20N2O5S. The molecule has 0 aromatic rings. The van der Waals surface area contributed by atoms with Crippen LogP contribution in [0.5, 0.6) is 0 Å². The molecule has 1 aliphatic rings. The van der Waals surface area contributed by atoms with Crippen LogP contribution < -0.4 is 5.32 Å². The van der Waals surface area contributed by atoms with E-state index in [0.717, 1.165) is 0 Å². The van der Waals surface area contributed by atoms with Crippen molar-refractivity contribution in [2.45, 2.75) is 32.4 Å². The lowest BCUT2D eigenvalue weighted by Crippen LogP contribution is -2.47. The molecule has 1 heterocycles. The first-order valence-electron chi connectivity index (χ1n) is 6.23. The number of nitrogens with zero attached hydrogens (tertiary/aromatic N) is 1. The third-order valence-corrected chi connectivity index (χ3v) is 4.99. The normalized spacial score (nSPS) is 22.9. The lowest BCUT2D eigenvalue weighted by atomic mass is 10.2. The highest BCUT2D eigenvalue weighted by Crippen LogP contribution is 2.17. The van der Waals surface area contributed by atoms with Crippen LogP contribution in [0.2, 0.25) is 0 Å². The number of carboxylic acids is 1. The molecule has 0 spiro atoms. The van der Waals surface area contributed by atoms with Gasteiger partial charge in [0.05, 0.1) is 18.1 Å². The van der Waals surface area contributed by atoms with Crippen molar-refractivity contribution >= 4 is 21.7 Å². The minimum Gasteiger partial charge on any atom is -0.480 e. The van der Waals surface area contributed by atoms with E-state index in [0.29, 0.717) is 13.0 Å². The first-order chi connectivity index (χ1) is 8.76. The summed E-state index contributed by atoms with van der Waals surface area (Å²) in [6.45, 7) is 3.55. The highest BCUT2D eigenvalue weighted by molar-refractivity contribution is 7.91. The topological polar surface area (TPSA) is 104 Å². The Labute approximate surface area is 112 Å². The molecule has 19 heavy (non-hydrogen) atoms. The fourth-order valence-electron chi connectivity index (χ4n) is 2.09. The number of sulfone groups is 1. The van der Waals surface area contributed by atoms with Crippen molar-refractivity contribution in [2.75, 3.05) is 24.6 Å². The van der Waals surface area contributed by atoms with Gasteiger partial charge in [0.15, 0.2) is 9.84 Å². The zero-order chi connectivity index (χ0) is 14.6. The van der Waals surface area contributed by atoms with Gasteiger partial charge in [0.1, 0.15) is 6.04 Å². The summed E-state index contributed by atoms with van der Waals surface area (Å²) in [6, 6.07) is -1.10. The fraction of sp³-hybridized carbons (Fsp3) is 0.818. The molecule has 1 rings (SSSR count). The molecule has 0 aromatic heterocycles. The van der Waals surface area contributed by atoms with E-state index in [1.165, 1.54) is 11.8 Å². The Balaban J connectivity index is 2.56. The number of likely N-dealkylation sites (N-methyl/N-ethyl adjacent to an activating group) is 1. The smallest absolute Gasteiger partial charge is 0.320 e. The Morgan fingerprint density at radius 1 is 1.47 bits per heavy atom. The van der Waals surface area contributed by atoms with E-state index in [2.05, 4.69) is 5.32 Å². The van der Waals surface area contributed by atoms with Gasteiger partial charge < -0.3 is 10.0 Å². The summed E-state index contributed by atoms with van der Waals surface area (Å²) in [6.07, 6.45) is 0.455. The van der Waals surface area contributed by atoms with E-state index in [-0.39, 0.29) is 30.0 Å². The van der Waals surface area contributed by atoms with Crippen molar-refractivity contribution in [3.8, 4) is 0 Å². The molecule has 0 aromatic carbocycles. The van der Waals surface area contributed by atoms with Crippen LogP contribution in [0.25, 0.3) is 0 Å². The van der Waals surface area contributed by atoms with Crippen LogP contribution in [0.1, 0.15) is 20.3 Å². The molecular weight excluding hydrogens is 272 g/mol. The van der Waals surface area contributed by atoms with Gasteiger partial charge in [0.25, 0.3) is 0 Å². The van der Waals surface area contributed by atoms with E-state index < -0.39 is 21.8 Å². The summed E-state index contributed by atoms with van der Waals surface area (Å²) in [5.41, 5.74) is 0. The minimum absolute atomic E-state index is 0.00106. The quantitative estimate of drug-likeness (QED) is 0.656. The second kappa shape index (κ2) is 6.33. The van der Waals surface area contributed by atoms with Crippen molar-refractivity contribution in [2.24, 2.45) is 0 Å².